The fourth-order valence-corrected chi connectivity index (χ4v) is 3.73. The fourth-order valence-electron chi connectivity index (χ4n) is 3.73. The predicted molar refractivity (Wildman–Crippen MR) is 83.8 cm³/mol. The van der Waals surface area contributed by atoms with Gasteiger partial charge in [-0.05, 0) is 38.0 Å². The lowest BCUT2D eigenvalue weighted by atomic mass is 9.79. The zero-order valence-corrected chi connectivity index (χ0v) is 13.9. The number of hydrogen-bond acceptors (Lipinski definition) is 2. The van der Waals surface area contributed by atoms with Gasteiger partial charge in [0.2, 0.25) is 11.8 Å². The monoisotopic (exact) mass is 294 g/mol. The van der Waals surface area contributed by atoms with E-state index in [0.717, 1.165) is 12.8 Å². The van der Waals surface area contributed by atoms with Crippen LogP contribution in [0.25, 0.3) is 0 Å². The number of carbonyl (C=O) groups excluding carboxylic acids is 2. The van der Waals surface area contributed by atoms with Gasteiger partial charge >= 0.3 is 0 Å². The predicted octanol–water partition coefficient (Wildman–Crippen LogP) is 2.72. The van der Waals surface area contributed by atoms with Crippen LogP contribution in [0.5, 0.6) is 0 Å². The van der Waals surface area contributed by atoms with Crippen molar-refractivity contribution >= 4 is 11.8 Å². The topological polar surface area (TPSA) is 49.4 Å². The van der Waals surface area contributed by atoms with Crippen molar-refractivity contribution in [2.75, 3.05) is 6.54 Å². The average Bonchev–Trinajstić information content (AvgIpc) is 2.45. The Morgan fingerprint density at radius 2 is 1.86 bits per heavy atom. The molecule has 2 fully saturated rings. The fraction of sp³-hybridized carbons (Fsp3) is 0.882. The summed E-state index contributed by atoms with van der Waals surface area (Å²) in [7, 11) is 0. The van der Waals surface area contributed by atoms with Crippen molar-refractivity contribution in [1.29, 1.82) is 0 Å². The van der Waals surface area contributed by atoms with Gasteiger partial charge in [0.15, 0.2) is 0 Å². The summed E-state index contributed by atoms with van der Waals surface area (Å²) < 4.78 is 0. The van der Waals surface area contributed by atoms with Crippen LogP contribution in [0.15, 0.2) is 0 Å². The Morgan fingerprint density at radius 1 is 1.24 bits per heavy atom. The highest BCUT2D eigenvalue weighted by molar-refractivity contribution is 5.99. The van der Waals surface area contributed by atoms with Gasteiger partial charge in [-0.15, -0.1) is 0 Å². The van der Waals surface area contributed by atoms with E-state index >= 15 is 0 Å². The van der Waals surface area contributed by atoms with E-state index in [9.17, 15) is 9.59 Å². The molecule has 2 amide bonds. The van der Waals surface area contributed by atoms with Gasteiger partial charge in [-0.2, -0.15) is 0 Å². The van der Waals surface area contributed by atoms with Gasteiger partial charge in [0.05, 0.1) is 0 Å². The Balaban J connectivity index is 2.27. The second-order valence-corrected chi connectivity index (χ2v) is 7.37. The van der Waals surface area contributed by atoms with Gasteiger partial charge in [0.1, 0.15) is 11.6 Å². The van der Waals surface area contributed by atoms with Crippen molar-refractivity contribution in [3.63, 3.8) is 0 Å². The number of piperazine rings is 1. The molecule has 2 atom stereocenters. The lowest BCUT2D eigenvalue weighted by molar-refractivity contribution is -0.158. The number of hydrogen-bond donors (Lipinski definition) is 1. The first-order valence-corrected chi connectivity index (χ1v) is 8.52. The Hall–Kier alpha value is -1.06. The Morgan fingerprint density at radius 3 is 2.38 bits per heavy atom. The Labute approximate surface area is 128 Å². The molecule has 1 heterocycles. The van der Waals surface area contributed by atoms with E-state index in [1.54, 1.807) is 0 Å². The van der Waals surface area contributed by atoms with Crippen LogP contribution in [0.3, 0.4) is 0 Å². The van der Waals surface area contributed by atoms with Gasteiger partial charge in [-0.1, -0.05) is 40.0 Å². The minimum absolute atomic E-state index is 0.0616. The van der Waals surface area contributed by atoms with Crippen molar-refractivity contribution in [2.45, 2.75) is 77.8 Å². The SMILES string of the molecule is CCC1(C)NC(=O)C(C2CCCCC2)N(CC(C)C)C1=O. The molecule has 21 heavy (non-hydrogen) atoms. The van der Waals surface area contributed by atoms with Gasteiger partial charge < -0.3 is 10.2 Å². The highest BCUT2D eigenvalue weighted by Gasteiger charge is 2.49. The molecule has 1 aliphatic carbocycles. The van der Waals surface area contributed by atoms with E-state index < -0.39 is 5.54 Å². The van der Waals surface area contributed by atoms with Gasteiger partial charge in [-0.3, -0.25) is 9.59 Å². The van der Waals surface area contributed by atoms with Crippen LogP contribution in [-0.2, 0) is 9.59 Å². The first kappa shape index (κ1) is 16.3. The Bertz CT molecular complexity index is 402. The van der Waals surface area contributed by atoms with E-state index in [0.29, 0.717) is 24.8 Å². The summed E-state index contributed by atoms with van der Waals surface area (Å²) in [5, 5.41) is 3.01. The van der Waals surface area contributed by atoms with Gasteiger partial charge in [0.25, 0.3) is 0 Å². The maximum atomic E-state index is 12.9. The van der Waals surface area contributed by atoms with Crippen molar-refractivity contribution in [3.8, 4) is 0 Å². The highest BCUT2D eigenvalue weighted by atomic mass is 16.2. The third kappa shape index (κ3) is 3.24. The first-order valence-electron chi connectivity index (χ1n) is 8.52. The first-order chi connectivity index (χ1) is 9.89. The lowest BCUT2D eigenvalue weighted by Crippen LogP contribution is -2.71. The maximum Gasteiger partial charge on any atom is 0.248 e. The maximum absolute atomic E-state index is 12.9. The van der Waals surface area contributed by atoms with Crippen molar-refractivity contribution in [2.24, 2.45) is 11.8 Å². The molecule has 4 nitrogen and oxygen atoms in total. The zero-order valence-electron chi connectivity index (χ0n) is 13.9. The molecule has 1 saturated carbocycles. The molecule has 1 aliphatic heterocycles. The van der Waals surface area contributed by atoms with Crippen LogP contribution in [0, 0.1) is 11.8 Å². The number of rotatable bonds is 4. The molecule has 0 bridgehead atoms. The molecule has 0 aromatic carbocycles. The van der Waals surface area contributed by atoms with E-state index in [1.165, 1.54) is 19.3 Å². The molecule has 0 aromatic rings. The molecule has 0 aromatic heterocycles. The number of nitrogens with one attached hydrogen (secondary N) is 1. The molecule has 2 rings (SSSR count). The van der Waals surface area contributed by atoms with E-state index in [4.69, 9.17) is 0 Å². The summed E-state index contributed by atoms with van der Waals surface area (Å²) in [5.41, 5.74) is -0.725. The van der Waals surface area contributed by atoms with Crippen molar-refractivity contribution in [3.05, 3.63) is 0 Å². The van der Waals surface area contributed by atoms with Crippen LogP contribution >= 0.6 is 0 Å². The van der Waals surface area contributed by atoms with E-state index in [1.807, 2.05) is 18.7 Å². The molecule has 120 valence electrons. The minimum Gasteiger partial charge on any atom is -0.340 e. The van der Waals surface area contributed by atoms with Crippen molar-refractivity contribution in [1.82, 2.24) is 10.2 Å². The second-order valence-electron chi connectivity index (χ2n) is 7.37. The molecule has 4 heteroatoms. The summed E-state index contributed by atoms with van der Waals surface area (Å²) in [6.45, 7) is 8.73. The number of nitrogens with zero attached hydrogens (tertiary/aromatic N) is 1. The summed E-state index contributed by atoms with van der Waals surface area (Å²) in [5.74, 6) is 0.885. The molecular weight excluding hydrogens is 264 g/mol. The number of carbonyl (C=O) groups is 2. The van der Waals surface area contributed by atoms with Crippen molar-refractivity contribution < 1.29 is 9.59 Å². The number of amides is 2. The van der Waals surface area contributed by atoms with Gasteiger partial charge in [-0.25, -0.2) is 0 Å². The molecular formula is C17H30N2O2. The average molecular weight is 294 g/mol. The van der Waals surface area contributed by atoms with E-state index in [2.05, 4.69) is 19.2 Å². The Kier molecular flexibility index (Phi) is 4.95. The summed E-state index contributed by atoms with van der Waals surface area (Å²) in [6, 6.07) is -0.250. The van der Waals surface area contributed by atoms with Crippen LogP contribution in [-0.4, -0.2) is 34.8 Å². The van der Waals surface area contributed by atoms with Crippen LogP contribution in [0.2, 0.25) is 0 Å². The molecule has 0 spiro atoms. The second kappa shape index (κ2) is 6.37. The quantitative estimate of drug-likeness (QED) is 0.866. The minimum atomic E-state index is -0.725. The van der Waals surface area contributed by atoms with Gasteiger partial charge in [0, 0.05) is 6.54 Å². The summed E-state index contributed by atoms with van der Waals surface area (Å²) in [6.07, 6.45) is 6.41. The third-order valence-electron chi connectivity index (χ3n) is 5.10. The molecule has 2 aliphatic rings. The van der Waals surface area contributed by atoms with Crippen LogP contribution < -0.4 is 5.32 Å². The van der Waals surface area contributed by atoms with Crippen LogP contribution in [0.4, 0.5) is 0 Å². The molecule has 1 N–H and O–H groups in total. The van der Waals surface area contributed by atoms with Crippen LogP contribution in [0.1, 0.15) is 66.2 Å². The standard InChI is InChI=1S/C17H30N2O2/c1-5-17(4)16(21)19(11-12(2)3)14(15(20)18-17)13-9-7-6-8-10-13/h12-14H,5-11H2,1-4H3,(H,18,20). The largest absolute Gasteiger partial charge is 0.340 e. The molecule has 2 unspecified atom stereocenters. The van der Waals surface area contributed by atoms with E-state index in [-0.39, 0.29) is 17.9 Å². The third-order valence-corrected chi connectivity index (χ3v) is 5.10. The lowest BCUT2D eigenvalue weighted by Gasteiger charge is -2.48. The highest BCUT2D eigenvalue weighted by Crippen LogP contribution is 2.33. The summed E-state index contributed by atoms with van der Waals surface area (Å²) in [4.78, 5) is 27.5. The smallest absolute Gasteiger partial charge is 0.248 e. The normalized spacial score (nSPS) is 31.7. The summed E-state index contributed by atoms with van der Waals surface area (Å²) >= 11 is 0. The molecule has 1 saturated heterocycles. The molecule has 0 radical (unpaired) electrons. The zero-order chi connectivity index (χ0) is 15.6.